The van der Waals surface area contributed by atoms with E-state index in [1.165, 1.54) is 9.80 Å². The lowest BCUT2D eigenvalue weighted by molar-refractivity contribution is -0.158. The molecule has 0 aromatic carbocycles. The van der Waals surface area contributed by atoms with E-state index < -0.39 is 59.3 Å². The van der Waals surface area contributed by atoms with Crippen LogP contribution in [-0.4, -0.2) is 87.4 Å². The van der Waals surface area contributed by atoms with Crippen LogP contribution < -0.4 is 11.1 Å². The van der Waals surface area contributed by atoms with Crippen LogP contribution in [0.2, 0.25) is 0 Å². The van der Waals surface area contributed by atoms with Crippen molar-refractivity contribution in [3.05, 3.63) is 0 Å². The second kappa shape index (κ2) is 10.8. The van der Waals surface area contributed by atoms with Gasteiger partial charge in [0, 0.05) is 0 Å². The summed E-state index contributed by atoms with van der Waals surface area (Å²) < 4.78 is 11.3. The van der Waals surface area contributed by atoms with Gasteiger partial charge in [0.1, 0.15) is 23.5 Å². The summed E-state index contributed by atoms with van der Waals surface area (Å²) in [4.78, 5) is 54.5. The Morgan fingerprint density at radius 2 is 1.34 bits per heavy atom. The number of rotatable bonds is 9. The fourth-order valence-electron chi connectivity index (χ4n) is 4.73. The normalized spacial score (nSPS) is 25.1. The molecule has 0 aromatic heterocycles. The number of nitrogens with two attached hydrogens (primary N) is 1. The molecule has 35 heavy (non-hydrogen) atoms. The molecule has 2 aliphatic rings. The molecule has 2 heterocycles. The van der Waals surface area contributed by atoms with Gasteiger partial charge in [-0.1, -0.05) is 27.7 Å². The van der Waals surface area contributed by atoms with Gasteiger partial charge in [0.25, 0.3) is 0 Å². The van der Waals surface area contributed by atoms with E-state index in [2.05, 4.69) is 5.32 Å². The topological polar surface area (TPSA) is 151 Å². The van der Waals surface area contributed by atoms with E-state index in [9.17, 15) is 24.3 Å². The Morgan fingerprint density at radius 1 is 0.886 bits per heavy atom. The quantitative estimate of drug-likeness (QED) is 0.424. The van der Waals surface area contributed by atoms with E-state index in [1.807, 2.05) is 27.7 Å². The van der Waals surface area contributed by atoms with Gasteiger partial charge < -0.3 is 25.6 Å². The lowest BCUT2D eigenvalue weighted by Gasteiger charge is -2.37. The highest BCUT2D eigenvalue weighted by molar-refractivity contribution is 5.95. The van der Waals surface area contributed by atoms with Crippen LogP contribution in [0, 0.1) is 11.8 Å². The molecule has 2 aliphatic heterocycles. The highest BCUT2D eigenvalue weighted by Gasteiger charge is 2.51. The van der Waals surface area contributed by atoms with E-state index in [0.29, 0.717) is 6.42 Å². The number of carboxylic acid groups (broad SMARTS) is 1. The predicted octanol–water partition coefficient (Wildman–Crippen LogP) is 0.902. The van der Waals surface area contributed by atoms with Crippen LogP contribution in [0.3, 0.4) is 0 Å². The summed E-state index contributed by atoms with van der Waals surface area (Å²) in [6, 6.07) is -3.94. The molecule has 2 saturated heterocycles. The van der Waals surface area contributed by atoms with Crippen molar-refractivity contribution in [3.63, 3.8) is 0 Å². The van der Waals surface area contributed by atoms with Gasteiger partial charge in [-0.25, -0.2) is 4.79 Å². The number of nitrogens with one attached hydrogen (secondary N) is 1. The van der Waals surface area contributed by atoms with Gasteiger partial charge in [-0.3, -0.25) is 24.2 Å². The van der Waals surface area contributed by atoms with Gasteiger partial charge >= 0.3 is 5.97 Å². The molecular formula is C24H42N4O7. The second-order valence-electron chi connectivity index (χ2n) is 11.2. The van der Waals surface area contributed by atoms with Crippen LogP contribution in [0.15, 0.2) is 0 Å². The molecule has 11 nitrogen and oxygen atoms in total. The fraction of sp³-hybridized carbons (Fsp3) is 0.833. The van der Waals surface area contributed by atoms with Crippen molar-refractivity contribution >= 4 is 23.7 Å². The third-order valence-electron chi connectivity index (χ3n) is 6.40. The fourth-order valence-corrected chi connectivity index (χ4v) is 4.73. The Morgan fingerprint density at radius 3 is 1.80 bits per heavy atom. The van der Waals surface area contributed by atoms with Gasteiger partial charge in [0.2, 0.25) is 17.7 Å². The van der Waals surface area contributed by atoms with Crippen LogP contribution in [0.25, 0.3) is 0 Å². The van der Waals surface area contributed by atoms with E-state index >= 15 is 0 Å². The second-order valence-corrected chi connectivity index (χ2v) is 11.2. The van der Waals surface area contributed by atoms with Gasteiger partial charge in [-0.05, 0) is 52.4 Å². The van der Waals surface area contributed by atoms with Crippen molar-refractivity contribution in [1.29, 1.82) is 0 Å². The first-order valence-electron chi connectivity index (χ1n) is 12.2. The van der Waals surface area contributed by atoms with E-state index in [-0.39, 0.29) is 31.5 Å². The maximum atomic E-state index is 13.6. The number of hydrogen-bond acceptors (Lipinski definition) is 7. The third-order valence-corrected chi connectivity index (χ3v) is 6.40. The number of amides is 3. The van der Waals surface area contributed by atoms with Crippen molar-refractivity contribution in [3.8, 4) is 0 Å². The molecule has 0 spiro atoms. The predicted molar refractivity (Wildman–Crippen MR) is 128 cm³/mol. The molecule has 2 rings (SSSR count). The third kappa shape index (κ3) is 6.50. The average molecular weight is 499 g/mol. The first-order chi connectivity index (χ1) is 16.0. The first kappa shape index (κ1) is 29.0. The molecule has 0 aliphatic carbocycles. The number of hydrogen-bond donors (Lipinski definition) is 3. The molecule has 0 saturated carbocycles. The maximum absolute atomic E-state index is 13.6. The highest BCUT2D eigenvalue weighted by atomic mass is 16.5. The Labute approximate surface area is 207 Å². The van der Waals surface area contributed by atoms with Gasteiger partial charge in [0.15, 0.2) is 6.04 Å². The summed E-state index contributed by atoms with van der Waals surface area (Å²) in [7, 11) is 0. The van der Waals surface area contributed by atoms with Crippen molar-refractivity contribution in [2.24, 2.45) is 17.6 Å². The van der Waals surface area contributed by atoms with Crippen LogP contribution in [0.5, 0.6) is 0 Å². The maximum Gasteiger partial charge on any atom is 0.328 e. The van der Waals surface area contributed by atoms with Crippen LogP contribution in [-0.2, 0) is 28.7 Å². The smallest absolute Gasteiger partial charge is 0.328 e. The van der Waals surface area contributed by atoms with Crippen molar-refractivity contribution < 1.29 is 33.8 Å². The summed E-state index contributed by atoms with van der Waals surface area (Å²) in [5.41, 5.74) is 3.94. The number of carbonyl (C=O) groups excluding carboxylic acids is 3. The Bertz CT molecular complexity index is 827. The monoisotopic (exact) mass is 498 g/mol. The zero-order valence-electron chi connectivity index (χ0n) is 22.2. The summed E-state index contributed by atoms with van der Waals surface area (Å²) >= 11 is 0. The first-order valence-corrected chi connectivity index (χ1v) is 12.2. The summed E-state index contributed by atoms with van der Waals surface area (Å²) in [5.74, 6) is -2.46. The number of aliphatic carboxylic acids is 1. The molecule has 2 fully saturated rings. The minimum atomic E-state index is -1.18. The number of nitrogens with zero attached hydrogens (tertiary/aromatic N) is 2. The molecule has 0 aromatic rings. The standard InChI is InChI=1S/C24H42N4O7/c1-13(2)9-15(25)20(30)27-17(11-34-23(27,5)6)19(29)26-16(10-14(3)4)21(31)28-18(22(32)33)12-35-24(28,7)8/h13-18H,9-12,25H2,1-8H3,(H,26,29)(H,32,33)/t15-,16-,17-,18-/m0/s1. The molecule has 0 bridgehead atoms. The van der Waals surface area contributed by atoms with Crippen LogP contribution >= 0.6 is 0 Å². The number of carboxylic acids is 1. The van der Waals surface area contributed by atoms with E-state index in [0.717, 1.165) is 0 Å². The summed E-state index contributed by atoms with van der Waals surface area (Å²) in [6.45, 7) is 14.1. The van der Waals surface area contributed by atoms with Crippen molar-refractivity contribution in [1.82, 2.24) is 15.1 Å². The largest absolute Gasteiger partial charge is 0.480 e. The van der Waals surface area contributed by atoms with E-state index in [1.54, 1.807) is 27.7 Å². The van der Waals surface area contributed by atoms with Gasteiger partial charge in [-0.2, -0.15) is 0 Å². The molecule has 11 heteroatoms. The van der Waals surface area contributed by atoms with Gasteiger partial charge in [-0.15, -0.1) is 0 Å². The SMILES string of the molecule is CC(C)C[C@H](NC(=O)[C@@H]1COC(C)(C)N1C(=O)[C@@H](N)CC(C)C)C(=O)N1[C@H](C(=O)O)COC1(C)C. The Kier molecular flexibility index (Phi) is 8.94. The minimum Gasteiger partial charge on any atom is -0.480 e. The van der Waals surface area contributed by atoms with Gasteiger partial charge in [0.05, 0.1) is 19.3 Å². The molecule has 0 radical (unpaired) electrons. The number of carbonyl (C=O) groups is 4. The summed E-state index contributed by atoms with van der Waals surface area (Å²) in [6.07, 6.45) is 0.732. The van der Waals surface area contributed by atoms with Crippen molar-refractivity contribution in [2.45, 2.75) is 104 Å². The molecule has 0 unspecified atom stereocenters. The van der Waals surface area contributed by atoms with Crippen LogP contribution in [0.1, 0.15) is 68.2 Å². The molecule has 4 N–H and O–H groups in total. The van der Waals surface area contributed by atoms with Crippen molar-refractivity contribution in [2.75, 3.05) is 13.2 Å². The highest BCUT2D eigenvalue weighted by Crippen LogP contribution is 2.31. The molecule has 3 amide bonds. The zero-order chi connectivity index (χ0) is 26.9. The molecule has 200 valence electrons. The van der Waals surface area contributed by atoms with Crippen LogP contribution in [0.4, 0.5) is 0 Å². The Hall–Kier alpha value is -2.24. The average Bonchev–Trinajstić information content (AvgIpc) is 3.20. The van der Waals surface area contributed by atoms with E-state index in [4.69, 9.17) is 15.2 Å². The summed E-state index contributed by atoms with van der Waals surface area (Å²) in [5, 5.41) is 12.4. The molecule has 4 atom stereocenters. The zero-order valence-corrected chi connectivity index (χ0v) is 22.2. The Balaban J connectivity index is 2.30. The number of ether oxygens (including phenoxy) is 2. The minimum absolute atomic E-state index is 0.0210. The lowest BCUT2D eigenvalue weighted by Crippen LogP contribution is -2.61. The lowest BCUT2D eigenvalue weighted by atomic mass is 9.99. The molecular weight excluding hydrogens is 456 g/mol.